The number of carbonyl (C=O) groups excluding carboxylic acids is 2. The van der Waals surface area contributed by atoms with Crippen molar-refractivity contribution in [1.82, 2.24) is 20.3 Å². The first-order valence-corrected chi connectivity index (χ1v) is 10.9. The van der Waals surface area contributed by atoms with E-state index >= 15 is 0 Å². The minimum Gasteiger partial charge on any atom is -0.489 e. The predicted molar refractivity (Wildman–Crippen MR) is 123 cm³/mol. The zero-order valence-electron chi connectivity index (χ0n) is 19.6. The number of aromatic nitrogens is 3. The molecule has 13 heteroatoms. The number of alkyl halides is 3. The highest BCUT2D eigenvalue weighted by molar-refractivity contribution is 5.92. The molecule has 1 aromatic carbocycles. The van der Waals surface area contributed by atoms with Gasteiger partial charge in [0.2, 0.25) is 11.7 Å². The number of benzene rings is 1. The van der Waals surface area contributed by atoms with Crippen molar-refractivity contribution in [2.24, 2.45) is 5.73 Å². The molecule has 0 spiro atoms. The van der Waals surface area contributed by atoms with Crippen LogP contribution in [0.5, 0.6) is 5.75 Å². The number of rotatable bonds is 6. The van der Waals surface area contributed by atoms with Gasteiger partial charge in [0, 0.05) is 18.8 Å². The fourth-order valence-corrected chi connectivity index (χ4v) is 3.72. The van der Waals surface area contributed by atoms with Crippen LogP contribution in [0.2, 0.25) is 0 Å². The van der Waals surface area contributed by atoms with Crippen LogP contribution in [-0.4, -0.2) is 45.0 Å². The maximum Gasteiger partial charge on any atom is 0.451 e. The van der Waals surface area contributed by atoms with E-state index in [0.29, 0.717) is 11.1 Å². The number of nitrogens with zero attached hydrogens (tertiary/aromatic N) is 3. The lowest BCUT2D eigenvalue weighted by atomic mass is 9.82. The van der Waals surface area contributed by atoms with Crippen LogP contribution in [0.1, 0.15) is 42.8 Å². The summed E-state index contributed by atoms with van der Waals surface area (Å²) >= 11 is 0. The van der Waals surface area contributed by atoms with Crippen LogP contribution in [0.25, 0.3) is 11.3 Å². The van der Waals surface area contributed by atoms with Crippen molar-refractivity contribution in [3.63, 3.8) is 0 Å². The highest BCUT2D eigenvalue weighted by Crippen LogP contribution is 2.45. The summed E-state index contributed by atoms with van der Waals surface area (Å²) in [5, 5.41) is 13.5. The zero-order valence-corrected chi connectivity index (χ0v) is 19.6. The lowest BCUT2D eigenvalue weighted by Gasteiger charge is -2.26. The number of nitrogens with two attached hydrogens (primary N) is 1. The summed E-state index contributed by atoms with van der Waals surface area (Å²) in [7, 11) is 0. The van der Waals surface area contributed by atoms with Gasteiger partial charge < -0.3 is 20.9 Å². The number of amides is 2. The van der Waals surface area contributed by atoms with E-state index in [4.69, 9.17) is 10.5 Å². The molecule has 0 aliphatic carbocycles. The van der Waals surface area contributed by atoms with Gasteiger partial charge in [-0.2, -0.15) is 13.2 Å². The Kier molecular flexibility index (Phi) is 6.36. The van der Waals surface area contributed by atoms with Gasteiger partial charge >= 0.3 is 6.18 Å². The Bertz CT molecular complexity index is 1390. The molecule has 0 fully saturated rings. The highest BCUT2D eigenvalue weighted by atomic mass is 19.4. The molecule has 3 heterocycles. The van der Waals surface area contributed by atoms with E-state index in [1.165, 1.54) is 37.3 Å². The number of hydrogen-bond donors (Lipinski definition) is 3. The van der Waals surface area contributed by atoms with Crippen LogP contribution >= 0.6 is 0 Å². The van der Waals surface area contributed by atoms with Crippen LogP contribution < -0.4 is 15.8 Å². The summed E-state index contributed by atoms with van der Waals surface area (Å²) in [6.07, 6.45) is -4.05. The number of ether oxygens (including phenoxy) is 1. The van der Waals surface area contributed by atoms with E-state index in [1.807, 2.05) is 0 Å². The molecule has 0 radical (unpaired) electrons. The standard InChI is InChI=1S/C24H21F4N5O4.H2/c1-22(20(29)35)11-37-18-14(22)9-16(33-17(18)12-3-5-13(25)6-4-12)23(2,36)10-31-19(34)15-7-8-30-21(32-15)24(26,27)28;/h3-9,36H,10-11H2,1-2H3,(H2,29,35)(H,31,34);1H/t22-,23-;/m0./s1. The van der Waals surface area contributed by atoms with Crippen molar-refractivity contribution in [2.75, 3.05) is 13.2 Å². The van der Waals surface area contributed by atoms with Gasteiger partial charge in [-0.3, -0.25) is 9.59 Å². The Hall–Kier alpha value is -4.13. The average Bonchev–Trinajstić information content (AvgIpc) is 3.20. The van der Waals surface area contributed by atoms with E-state index < -0.39 is 52.9 Å². The number of primary amides is 1. The van der Waals surface area contributed by atoms with Crippen molar-refractivity contribution < 1.29 is 38.4 Å². The third kappa shape index (κ3) is 4.94. The van der Waals surface area contributed by atoms with Crippen LogP contribution in [0.15, 0.2) is 42.6 Å². The van der Waals surface area contributed by atoms with Gasteiger partial charge in [0.25, 0.3) is 5.91 Å². The molecular formula is C24H23F4N5O4. The normalized spacial score (nSPS) is 18.5. The average molecular weight is 521 g/mol. The molecule has 2 amide bonds. The largest absolute Gasteiger partial charge is 0.489 e. The van der Waals surface area contributed by atoms with Crippen LogP contribution in [-0.2, 0) is 22.0 Å². The van der Waals surface area contributed by atoms with E-state index in [2.05, 4.69) is 20.3 Å². The Morgan fingerprint density at radius 3 is 2.51 bits per heavy atom. The smallest absolute Gasteiger partial charge is 0.451 e. The van der Waals surface area contributed by atoms with Gasteiger partial charge in [-0.1, -0.05) is 0 Å². The number of nitrogens with one attached hydrogen (secondary N) is 1. The number of halogens is 4. The molecule has 37 heavy (non-hydrogen) atoms. The summed E-state index contributed by atoms with van der Waals surface area (Å²) in [4.78, 5) is 35.5. The topological polar surface area (TPSA) is 140 Å². The number of pyridine rings is 1. The molecule has 2 aromatic heterocycles. The second-order valence-electron chi connectivity index (χ2n) is 8.94. The minimum absolute atomic E-state index is 0. The van der Waals surface area contributed by atoms with Crippen LogP contribution in [0, 0.1) is 5.82 Å². The van der Waals surface area contributed by atoms with Gasteiger partial charge in [0.05, 0.1) is 12.2 Å². The molecule has 0 saturated heterocycles. The highest BCUT2D eigenvalue weighted by Gasteiger charge is 2.45. The SMILES string of the molecule is C[C@](O)(CNC(=O)c1ccnc(C(F)(F)F)n1)c1cc2c(c(-c3ccc(F)cc3)n1)OC[C@]2(C)C(N)=O.[HH]. The van der Waals surface area contributed by atoms with Gasteiger partial charge in [-0.25, -0.2) is 19.3 Å². The first kappa shape index (κ1) is 25.9. The Balaban J connectivity index is 0.00000400. The number of fused-ring (bicyclic) bond motifs is 1. The first-order valence-electron chi connectivity index (χ1n) is 10.9. The molecule has 9 nitrogen and oxygen atoms in total. The van der Waals surface area contributed by atoms with Crippen molar-refractivity contribution in [3.8, 4) is 17.0 Å². The first-order chi connectivity index (χ1) is 17.2. The number of aliphatic hydroxyl groups is 1. The molecule has 2 atom stereocenters. The quantitative estimate of drug-likeness (QED) is 0.424. The maximum absolute atomic E-state index is 13.5. The van der Waals surface area contributed by atoms with Crippen molar-refractivity contribution in [2.45, 2.75) is 31.0 Å². The van der Waals surface area contributed by atoms with Gasteiger partial charge in [-0.15, -0.1) is 0 Å². The van der Waals surface area contributed by atoms with Crippen molar-refractivity contribution in [1.29, 1.82) is 0 Å². The molecule has 1 aliphatic heterocycles. The molecule has 4 N–H and O–H groups in total. The molecule has 0 bridgehead atoms. The number of carbonyl (C=O) groups is 2. The lowest BCUT2D eigenvalue weighted by molar-refractivity contribution is -0.145. The van der Waals surface area contributed by atoms with E-state index in [-0.39, 0.29) is 25.2 Å². The van der Waals surface area contributed by atoms with Crippen molar-refractivity contribution >= 4 is 11.8 Å². The molecule has 3 aromatic rings. The monoisotopic (exact) mass is 521 g/mol. The van der Waals surface area contributed by atoms with E-state index in [0.717, 1.165) is 12.3 Å². The Morgan fingerprint density at radius 2 is 1.89 bits per heavy atom. The Morgan fingerprint density at radius 1 is 1.22 bits per heavy atom. The summed E-state index contributed by atoms with van der Waals surface area (Å²) in [6.45, 7) is 2.29. The Labute approximate surface area is 209 Å². The fraction of sp³-hybridized carbons (Fsp3) is 0.292. The summed E-state index contributed by atoms with van der Waals surface area (Å²) in [5.74, 6) is -3.42. The molecular weight excluding hydrogens is 498 g/mol. The van der Waals surface area contributed by atoms with Gasteiger partial charge in [0.15, 0.2) is 0 Å². The second kappa shape index (κ2) is 9.07. The van der Waals surface area contributed by atoms with Crippen LogP contribution in [0.4, 0.5) is 17.6 Å². The lowest BCUT2D eigenvalue weighted by Crippen LogP contribution is -2.41. The van der Waals surface area contributed by atoms with E-state index in [9.17, 15) is 32.3 Å². The fourth-order valence-electron chi connectivity index (χ4n) is 3.72. The zero-order chi connectivity index (χ0) is 27.2. The predicted octanol–water partition coefficient (Wildman–Crippen LogP) is 2.72. The molecule has 1 aliphatic rings. The van der Waals surface area contributed by atoms with Gasteiger partial charge in [-0.05, 0) is 50.2 Å². The molecule has 0 saturated carbocycles. The van der Waals surface area contributed by atoms with Gasteiger partial charge in [0.1, 0.15) is 40.6 Å². The second-order valence-corrected chi connectivity index (χ2v) is 8.94. The third-order valence-corrected chi connectivity index (χ3v) is 6.02. The summed E-state index contributed by atoms with van der Waals surface area (Å²) < 4.78 is 57.9. The number of hydrogen-bond acceptors (Lipinski definition) is 7. The molecule has 4 rings (SSSR count). The third-order valence-electron chi connectivity index (χ3n) is 6.02. The van der Waals surface area contributed by atoms with Crippen molar-refractivity contribution in [3.05, 3.63) is 71.2 Å². The summed E-state index contributed by atoms with van der Waals surface area (Å²) in [5.41, 5.74) is 2.89. The molecule has 196 valence electrons. The van der Waals surface area contributed by atoms with Crippen LogP contribution in [0.3, 0.4) is 0 Å². The summed E-state index contributed by atoms with van der Waals surface area (Å²) in [6, 6.07) is 7.69. The molecule has 0 unspecified atom stereocenters. The van der Waals surface area contributed by atoms with E-state index in [1.54, 1.807) is 6.92 Å². The maximum atomic E-state index is 13.5. The minimum atomic E-state index is -4.85.